The highest BCUT2D eigenvalue weighted by atomic mass is 16.6. The largest absolute Gasteiger partial charge is 0.474 e. The molecule has 8 nitrogen and oxygen atoms in total. The number of pyridine rings is 1. The number of hydrogen-bond acceptors (Lipinski definition) is 5. The molecule has 0 radical (unpaired) electrons. The maximum absolute atomic E-state index is 12.2. The summed E-state index contributed by atoms with van der Waals surface area (Å²) in [5.74, 6) is 0.608. The van der Waals surface area contributed by atoms with Crippen LogP contribution >= 0.6 is 0 Å². The van der Waals surface area contributed by atoms with E-state index in [0.717, 1.165) is 5.56 Å². The molecule has 0 atom stereocenters. The molecule has 8 heteroatoms. The van der Waals surface area contributed by atoms with Crippen molar-refractivity contribution in [2.45, 2.75) is 65.1 Å². The van der Waals surface area contributed by atoms with Crippen LogP contribution in [0, 0.1) is 0 Å². The molecule has 1 aliphatic heterocycles. The Morgan fingerprint density at radius 1 is 1.21 bits per heavy atom. The minimum atomic E-state index is -1.04. The number of carbonyl (C=O) groups is 2. The lowest BCUT2D eigenvalue weighted by Gasteiger charge is -2.33. The normalized spacial score (nSPS) is 15.7. The topological polar surface area (TPSA) is 93.9 Å². The van der Waals surface area contributed by atoms with Gasteiger partial charge < -0.3 is 19.5 Å². The number of hydrogen-bond donors (Lipinski definition) is 1. The number of amides is 1. The second-order valence-electron chi connectivity index (χ2n) is 8.69. The summed E-state index contributed by atoms with van der Waals surface area (Å²) in [7, 11) is 0. The van der Waals surface area contributed by atoms with E-state index in [1.54, 1.807) is 23.2 Å². The van der Waals surface area contributed by atoms with E-state index in [9.17, 15) is 14.7 Å². The molecule has 0 spiro atoms. The molecule has 0 bridgehead atoms. The zero-order valence-corrected chi connectivity index (χ0v) is 17.6. The Hall–Kier alpha value is -2.77. The molecule has 3 rings (SSSR count). The van der Waals surface area contributed by atoms with Gasteiger partial charge in [0.2, 0.25) is 5.88 Å². The highest BCUT2D eigenvalue weighted by Gasteiger charge is 2.28. The van der Waals surface area contributed by atoms with Gasteiger partial charge in [-0.05, 0) is 38.3 Å². The Labute approximate surface area is 170 Å². The number of aromatic nitrogens is 2. The van der Waals surface area contributed by atoms with Crippen molar-refractivity contribution in [3.63, 3.8) is 0 Å². The number of nitrogens with zero attached hydrogens (tertiary/aromatic N) is 3. The summed E-state index contributed by atoms with van der Waals surface area (Å²) in [5, 5.41) is 9.41. The molecule has 1 N–H and O–H groups in total. The van der Waals surface area contributed by atoms with E-state index in [4.69, 9.17) is 9.47 Å². The number of likely N-dealkylation sites (tertiary alicyclic amines) is 1. The summed E-state index contributed by atoms with van der Waals surface area (Å²) in [5.41, 5.74) is 1.55. The first-order valence-electron chi connectivity index (χ1n) is 9.95. The van der Waals surface area contributed by atoms with Crippen LogP contribution < -0.4 is 4.74 Å². The van der Waals surface area contributed by atoms with Gasteiger partial charge in [0.05, 0.1) is 11.0 Å². The summed E-state index contributed by atoms with van der Waals surface area (Å²) in [6, 6.07) is 3.43. The second kappa shape index (κ2) is 7.93. The number of carbonyl (C=O) groups excluding carboxylic acids is 1. The first kappa shape index (κ1) is 21.0. The van der Waals surface area contributed by atoms with Gasteiger partial charge in [-0.1, -0.05) is 13.8 Å². The highest BCUT2D eigenvalue weighted by molar-refractivity contribution is 5.89. The summed E-state index contributed by atoms with van der Waals surface area (Å²) < 4.78 is 12.7. The number of carboxylic acid groups (broad SMARTS) is 1. The fraction of sp³-hybridized carbons (Fsp3) is 0.571. The Morgan fingerprint density at radius 3 is 2.41 bits per heavy atom. The van der Waals surface area contributed by atoms with Crippen LogP contribution in [0.4, 0.5) is 9.59 Å². The van der Waals surface area contributed by atoms with Gasteiger partial charge in [0, 0.05) is 38.2 Å². The van der Waals surface area contributed by atoms with Crippen LogP contribution in [0.15, 0.2) is 18.3 Å². The molecule has 0 aromatic carbocycles. The first-order valence-corrected chi connectivity index (χ1v) is 9.95. The fourth-order valence-electron chi connectivity index (χ4n) is 3.41. The molecule has 0 aliphatic carbocycles. The number of fused-ring (bicyclic) bond motifs is 1. The molecule has 1 fully saturated rings. The third-order valence-electron chi connectivity index (χ3n) is 4.86. The van der Waals surface area contributed by atoms with E-state index < -0.39 is 11.7 Å². The van der Waals surface area contributed by atoms with Crippen LogP contribution in [-0.4, -0.2) is 56.5 Å². The first-order chi connectivity index (χ1) is 13.5. The second-order valence-corrected chi connectivity index (χ2v) is 8.69. The van der Waals surface area contributed by atoms with E-state index in [-0.39, 0.29) is 18.1 Å². The van der Waals surface area contributed by atoms with Gasteiger partial charge in [-0.2, -0.15) is 0 Å². The SMILES string of the molecule is CC(C)c1cn(C(=O)O)c2ccc(OC3CCN(C(=O)OC(C)(C)C)CC3)nc12. The third kappa shape index (κ3) is 4.81. The molecule has 1 saturated heterocycles. The maximum atomic E-state index is 12.2. The van der Waals surface area contributed by atoms with E-state index in [2.05, 4.69) is 4.98 Å². The zero-order valence-electron chi connectivity index (χ0n) is 17.6. The van der Waals surface area contributed by atoms with Crippen molar-refractivity contribution in [3.8, 4) is 5.88 Å². The lowest BCUT2D eigenvalue weighted by atomic mass is 10.1. The molecular weight excluding hydrogens is 374 g/mol. The maximum Gasteiger partial charge on any atom is 0.416 e. The average Bonchev–Trinajstić information content (AvgIpc) is 3.00. The molecule has 158 valence electrons. The number of rotatable bonds is 3. The molecule has 1 aliphatic rings. The van der Waals surface area contributed by atoms with E-state index in [0.29, 0.717) is 42.8 Å². The predicted molar refractivity (Wildman–Crippen MR) is 109 cm³/mol. The van der Waals surface area contributed by atoms with E-state index in [1.807, 2.05) is 34.6 Å². The molecule has 2 aromatic rings. The fourth-order valence-corrected chi connectivity index (χ4v) is 3.41. The Morgan fingerprint density at radius 2 is 1.86 bits per heavy atom. The minimum Gasteiger partial charge on any atom is -0.474 e. The molecule has 2 aromatic heterocycles. The summed E-state index contributed by atoms with van der Waals surface area (Å²) in [4.78, 5) is 30.0. The van der Waals surface area contributed by atoms with Crippen LogP contribution in [0.2, 0.25) is 0 Å². The molecule has 0 saturated carbocycles. The zero-order chi connectivity index (χ0) is 21.3. The van der Waals surface area contributed by atoms with Crippen molar-refractivity contribution in [1.29, 1.82) is 0 Å². The highest BCUT2D eigenvalue weighted by Crippen LogP contribution is 2.29. The van der Waals surface area contributed by atoms with Gasteiger partial charge in [-0.3, -0.25) is 4.57 Å². The van der Waals surface area contributed by atoms with Crippen LogP contribution in [0.5, 0.6) is 5.88 Å². The lowest BCUT2D eigenvalue weighted by Crippen LogP contribution is -2.44. The summed E-state index contributed by atoms with van der Waals surface area (Å²) in [6.07, 6.45) is 1.60. The number of piperidine rings is 1. The standard InChI is InChI=1S/C21H29N3O5/c1-13(2)15-12-24(19(25)26)16-6-7-17(22-18(15)16)28-14-8-10-23(11-9-14)20(27)29-21(3,4)5/h6-7,12-14H,8-11H2,1-5H3,(H,25,26). The van der Waals surface area contributed by atoms with E-state index in [1.165, 1.54) is 4.57 Å². The van der Waals surface area contributed by atoms with Gasteiger partial charge in [0.1, 0.15) is 11.7 Å². The van der Waals surface area contributed by atoms with Crippen LogP contribution in [0.3, 0.4) is 0 Å². The molecule has 0 unspecified atom stereocenters. The van der Waals surface area contributed by atoms with Crippen molar-refractivity contribution in [3.05, 3.63) is 23.9 Å². The summed E-state index contributed by atoms with van der Waals surface area (Å²) >= 11 is 0. The van der Waals surface area contributed by atoms with Crippen molar-refractivity contribution in [1.82, 2.24) is 14.5 Å². The average molecular weight is 403 g/mol. The number of ether oxygens (including phenoxy) is 2. The van der Waals surface area contributed by atoms with Crippen molar-refractivity contribution in [2.24, 2.45) is 0 Å². The van der Waals surface area contributed by atoms with E-state index >= 15 is 0 Å². The predicted octanol–water partition coefficient (Wildman–Crippen LogP) is 4.46. The molecular formula is C21H29N3O5. The van der Waals surface area contributed by atoms with Gasteiger partial charge in [0.15, 0.2) is 0 Å². The Balaban J connectivity index is 1.69. The third-order valence-corrected chi connectivity index (χ3v) is 4.86. The van der Waals surface area contributed by atoms with Gasteiger partial charge in [-0.15, -0.1) is 0 Å². The summed E-state index contributed by atoms with van der Waals surface area (Å²) in [6.45, 7) is 10.7. The van der Waals surface area contributed by atoms with Gasteiger partial charge in [0.25, 0.3) is 0 Å². The quantitative estimate of drug-likeness (QED) is 0.813. The van der Waals surface area contributed by atoms with Crippen molar-refractivity contribution >= 4 is 23.2 Å². The Bertz CT molecular complexity index is 905. The van der Waals surface area contributed by atoms with Gasteiger partial charge in [-0.25, -0.2) is 14.6 Å². The monoisotopic (exact) mass is 403 g/mol. The van der Waals surface area contributed by atoms with Crippen molar-refractivity contribution in [2.75, 3.05) is 13.1 Å². The lowest BCUT2D eigenvalue weighted by molar-refractivity contribution is 0.0123. The smallest absolute Gasteiger partial charge is 0.416 e. The molecule has 3 heterocycles. The van der Waals surface area contributed by atoms with Crippen molar-refractivity contribution < 1.29 is 24.2 Å². The minimum absolute atomic E-state index is 0.0531. The van der Waals surface area contributed by atoms with Gasteiger partial charge >= 0.3 is 12.2 Å². The van der Waals surface area contributed by atoms with Crippen LogP contribution in [0.25, 0.3) is 11.0 Å². The van der Waals surface area contributed by atoms with Crippen LogP contribution in [0.1, 0.15) is 58.9 Å². The Kier molecular flexibility index (Phi) is 5.73. The molecule has 1 amide bonds. The van der Waals surface area contributed by atoms with Crippen LogP contribution in [-0.2, 0) is 4.74 Å². The molecule has 29 heavy (non-hydrogen) atoms.